The second-order valence-corrected chi connectivity index (χ2v) is 6.59. The largest absolute Gasteiger partial charge is 0.418 e. The van der Waals surface area contributed by atoms with Gasteiger partial charge in [0.05, 0.1) is 47.8 Å². The highest BCUT2D eigenvalue weighted by Gasteiger charge is 2.41. The lowest BCUT2D eigenvalue weighted by Crippen LogP contribution is -2.13. The van der Waals surface area contributed by atoms with Gasteiger partial charge in [0, 0.05) is 6.07 Å². The molecule has 16 heteroatoms. The smallest absolute Gasteiger partial charge is 0.347 e. The first-order chi connectivity index (χ1) is 13.6. The summed E-state index contributed by atoms with van der Waals surface area (Å²) >= 11 is 16.9. The van der Waals surface area contributed by atoms with Crippen LogP contribution in [0.4, 0.5) is 49.1 Å². The molecule has 2 rings (SSSR count). The SMILES string of the molecule is O=[N+]([O-])c1cc([N+](=O)[O-])c(Nc2c(Cl)c(Cl)cc(C(F)(F)F)c2Cl)c(C(F)(F)F)c1. The van der Waals surface area contributed by atoms with Crippen LogP contribution in [0.2, 0.25) is 15.1 Å². The number of hydrogen-bond acceptors (Lipinski definition) is 5. The molecule has 0 atom stereocenters. The van der Waals surface area contributed by atoms with Crippen LogP contribution in [0.3, 0.4) is 0 Å². The number of nitrogens with zero attached hydrogens (tertiary/aromatic N) is 2. The number of anilines is 2. The molecule has 0 aliphatic rings. The van der Waals surface area contributed by atoms with E-state index in [0.29, 0.717) is 6.07 Å². The van der Waals surface area contributed by atoms with E-state index in [0.717, 1.165) is 0 Å². The predicted molar refractivity (Wildman–Crippen MR) is 94.5 cm³/mol. The number of alkyl halides is 6. The molecule has 0 radical (unpaired) electrons. The van der Waals surface area contributed by atoms with E-state index >= 15 is 0 Å². The van der Waals surface area contributed by atoms with Crippen molar-refractivity contribution in [1.29, 1.82) is 0 Å². The van der Waals surface area contributed by atoms with Gasteiger partial charge in [-0.1, -0.05) is 34.8 Å². The molecule has 0 saturated carbocycles. The Morgan fingerprint density at radius 1 is 0.767 bits per heavy atom. The summed E-state index contributed by atoms with van der Waals surface area (Å²) in [5, 5.41) is 21.1. The number of nitro benzene ring substituents is 2. The van der Waals surface area contributed by atoms with Crippen molar-refractivity contribution in [2.75, 3.05) is 5.32 Å². The average Bonchev–Trinajstić information content (AvgIpc) is 2.59. The molecule has 0 heterocycles. The van der Waals surface area contributed by atoms with Crippen LogP contribution < -0.4 is 5.32 Å². The van der Waals surface area contributed by atoms with Crippen molar-refractivity contribution in [3.05, 3.63) is 64.6 Å². The van der Waals surface area contributed by atoms with E-state index in [4.69, 9.17) is 34.8 Å². The maximum Gasteiger partial charge on any atom is 0.418 e. The van der Waals surface area contributed by atoms with E-state index in [1.807, 2.05) is 0 Å². The Bertz CT molecular complexity index is 1060. The van der Waals surface area contributed by atoms with E-state index in [-0.39, 0.29) is 12.1 Å². The molecule has 1 N–H and O–H groups in total. The third-order valence-corrected chi connectivity index (χ3v) is 4.71. The summed E-state index contributed by atoms with van der Waals surface area (Å²) in [6.45, 7) is 0. The highest BCUT2D eigenvalue weighted by atomic mass is 35.5. The molecule has 0 aliphatic heterocycles. The Kier molecular flexibility index (Phi) is 6.31. The number of nitrogens with one attached hydrogen (secondary N) is 1. The lowest BCUT2D eigenvalue weighted by Gasteiger charge is -2.19. The molecule has 0 aliphatic carbocycles. The molecule has 0 saturated heterocycles. The number of halogens is 9. The van der Waals surface area contributed by atoms with Gasteiger partial charge in [0.2, 0.25) is 0 Å². The standard InChI is InChI=1S/C14H4Cl3F6N3O4/c15-7-3-5(13(18,19)20)9(16)12(10(7)17)24-11-6(14(21,22)23)1-4(25(27)28)2-8(11)26(29)30/h1-3,24H. The van der Waals surface area contributed by atoms with Gasteiger partial charge in [-0.05, 0) is 6.07 Å². The van der Waals surface area contributed by atoms with E-state index in [2.05, 4.69) is 0 Å². The van der Waals surface area contributed by atoms with Crippen molar-refractivity contribution in [3.8, 4) is 0 Å². The molecule has 0 bridgehead atoms. The van der Waals surface area contributed by atoms with Crippen molar-refractivity contribution in [1.82, 2.24) is 0 Å². The summed E-state index contributed by atoms with van der Waals surface area (Å²) in [6.07, 6.45) is -10.5. The summed E-state index contributed by atoms with van der Waals surface area (Å²) < 4.78 is 79.6. The normalized spacial score (nSPS) is 12.0. The highest BCUT2D eigenvalue weighted by Crippen LogP contribution is 2.49. The third-order valence-electron chi connectivity index (χ3n) is 3.53. The van der Waals surface area contributed by atoms with Crippen molar-refractivity contribution < 1.29 is 36.2 Å². The number of hydrogen-bond donors (Lipinski definition) is 1. The maximum absolute atomic E-state index is 13.4. The van der Waals surface area contributed by atoms with Crippen LogP contribution in [0, 0.1) is 20.2 Å². The van der Waals surface area contributed by atoms with Crippen molar-refractivity contribution in [3.63, 3.8) is 0 Å². The molecule has 0 unspecified atom stereocenters. The minimum absolute atomic E-state index is 0.0354. The lowest BCUT2D eigenvalue weighted by atomic mass is 10.1. The Balaban J connectivity index is 2.88. The van der Waals surface area contributed by atoms with Crippen LogP contribution in [-0.4, -0.2) is 9.85 Å². The van der Waals surface area contributed by atoms with E-state index < -0.39 is 71.1 Å². The molecule has 30 heavy (non-hydrogen) atoms. The summed E-state index contributed by atoms with van der Waals surface area (Å²) in [5.74, 6) is 0. The summed E-state index contributed by atoms with van der Waals surface area (Å²) in [5.41, 5.74) is -8.67. The first-order valence-electron chi connectivity index (χ1n) is 7.11. The molecule has 0 spiro atoms. The molecule has 0 aromatic heterocycles. The Morgan fingerprint density at radius 3 is 1.73 bits per heavy atom. The van der Waals surface area contributed by atoms with Gasteiger partial charge in [0.15, 0.2) is 0 Å². The molecular weight excluding hydrogens is 495 g/mol. The zero-order valence-electron chi connectivity index (χ0n) is 13.7. The second kappa shape index (κ2) is 7.96. The Morgan fingerprint density at radius 2 is 1.30 bits per heavy atom. The van der Waals surface area contributed by atoms with Crippen LogP contribution in [-0.2, 0) is 12.4 Å². The summed E-state index contributed by atoms with van der Waals surface area (Å²) in [4.78, 5) is 19.4. The van der Waals surface area contributed by atoms with E-state index in [1.165, 1.54) is 0 Å². The number of benzene rings is 2. The summed E-state index contributed by atoms with van der Waals surface area (Å²) in [7, 11) is 0. The van der Waals surface area contributed by atoms with Gasteiger partial charge in [0.25, 0.3) is 11.4 Å². The van der Waals surface area contributed by atoms with Gasteiger partial charge in [0.1, 0.15) is 5.69 Å². The molecule has 0 fully saturated rings. The van der Waals surface area contributed by atoms with Crippen LogP contribution in [0.25, 0.3) is 0 Å². The first kappa shape index (κ1) is 23.8. The molecule has 0 amide bonds. The fraction of sp³-hybridized carbons (Fsp3) is 0.143. The zero-order valence-corrected chi connectivity index (χ0v) is 15.9. The van der Waals surface area contributed by atoms with Crippen molar-refractivity contribution >= 4 is 57.6 Å². The topological polar surface area (TPSA) is 98.3 Å². The molecular formula is C14H4Cl3F6N3O4. The minimum atomic E-state index is -5.39. The van der Waals surface area contributed by atoms with Gasteiger partial charge in [-0.15, -0.1) is 0 Å². The van der Waals surface area contributed by atoms with Crippen LogP contribution in [0.1, 0.15) is 11.1 Å². The molecule has 7 nitrogen and oxygen atoms in total. The monoisotopic (exact) mass is 497 g/mol. The van der Waals surface area contributed by atoms with Gasteiger partial charge in [-0.25, -0.2) is 0 Å². The molecule has 162 valence electrons. The highest BCUT2D eigenvalue weighted by molar-refractivity contribution is 6.46. The van der Waals surface area contributed by atoms with Gasteiger partial charge < -0.3 is 5.32 Å². The quantitative estimate of drug-likeness (QED) is 0.207. The van der Waals surface area contributed by atoms with E-state index in [1.54, 1.807) is 5.32 Å². The van der Waals surface area contributed by atoms with Gasteiger partial charge in [-0.3, -0.25) is 20.2 Å². The second-order valence-electron chi connectivity index (χ2n) is 5.43. The van der Waals surface area contributed by atoms with E-state index in [9.17, 15) is 46.6 Å². The van der Waals surface area contributed by atoms with Crippen LogP contribution in [0.5, 0.6) is 0 Å². The number of nitro groups is 2. The van der Waals surface area contributed by atoms with Gasteiger partial charge in [-0.2, -0.15) is 26.3 Å². The van der Waals surface area contributed by atoms with Gasteiger partial charge >= 0.3 is 12.4 Å². The van der Waals surface area contributed by atoms with Crippen molar-refractivity contribution in [2.45, 2.75) is 12.4 Å². The van der Waals surface area contributed by atoms with Crippen LogP contribution in [0.15, 0.2) is 18.2 Å². The number of non-ortho nitro benzene ring substituents is 1. The maximum atomic E-state index is 13.4. The fourth-order valence-electron chi connectivity index (χ4n) is 2.26. The van der Waals surface area contributed by atoms with Crippen molar-refractivity contribution in [2.24, 2.45) is 0 Å². The fourth-order valence-corrected chi connectivity index (χ4v) is 3.01. The average molecular weight is 499 g/mol. The zero-order chi connectivity index (χ0) is 23.2. The Labute approximate surface area is 176 Å². The minimum Gasteiger partial charge on any atom is -0.347 e. The predicted octanol–water partition coefficient (Wildman–Crippen LogP) is 7.24. The summed E-state index contributed by atoms with van der Waals surface area (Å²) in [6, 6.07) is 0.466. The third kappa shape index (κ3) is 4.63. The molecule has 2 aromatic rings. The lowest BCUT2D eigenvalue weighted by molar-refractivity contribution is -0.394. The number of rotatable bonds is 4. The molecule has 2 aromatic carbocycles. The Hall–Kier alpha value is -2.51. The first-order valence-corrected chi connectivity index (χ1v) is 8.24. The van der Waals surface area contributed by atoms with Crippen LogP contribution >= 0.6 is 34.8 Å².